The summed E-state index contributed by atoms with van der Waals surface area (Å²) in [5, 5.41) is 30.8. The van der Waals surface area contributed by atoms with Crippen LogP contribution in [0.2, 0.25) is 0 Å². The molecule has 1 aliphatic carbocycles. The van der Waals surface area contributed by atoms with Gasteiger partial charge >= 0.3 is 24.0 Å². The fraction of sp³-hybridized carbons (Fsp3) is 0.632. The fourth-order valence-corrected chi connectivity index (χ4v) is 7.14. The number of rotatable bonds is 15. The summed E-state index contributed by atoms with van der Waals surface area (Å²) in [6.07, 6.45) is 14.5. The van der Waals surface area contributed by atoms with Crippen LogP contribution < -0.4 is 5.32 Å². The summed E-state index contributed by atoms with van der Waals surface area (Å²) in [5.74, 6) is -1.29. The lowest BCUT2D eigenvalue weighted by atomic mass is 9.79. The second-order valence-corrected chi connectivity index (χ2v) is 36.7. The summed E-state index contributed by atoms with van der Waals surface area (Å²) >= 11 is 0.820. The van der Waals surface area contributed by atoms with E-state index in [1.807, 2.05) is 199 Å². The number of halogens is 3. The summed E-state index contributed by atoms with van der Waals surface area (Å²) in [4.78, 5) is 98.8. The first-order valence-corrected chi connectivity index (χ1v) is 37.5. The first-order valence-electron chi connectivity index (χ1n) is 36.6. The van der Waals surface area contributed by atoms with Crippen molar-refractivity contribution < 1.29 is 85.4 Å². The molecule has 3 N–H and O–H groups in total. The van der Waals surface area contributed by atoms with Gasteiger partial charge in [0.15, 0.2) is 23.1 Å². The Balaban J connectivity index is -0.000000217. The van der Waals surface area contributed by atoms with E-state index >= 15 is 0 Å². The zero-order chi connectivity index (χ0) is 89.6. The van der Waals surface area contributed by atoms with Crippen LogP contribution in [-0.4, -0.2) is 135 Å². The number of amides is 1. The molecule has 2 aromatic rings. The number of nitrogens with zero attached hydrogens (tertiary/aromatic N) is 4. The minimum absolute atomic E-state index is 0.00625. The van der Waals surface area contributed by atoms with Gasteiger partial charge in [-0.2, -0.15) is 14.0 Å². The molecule has 0 spiro atoms. The smallest absolute Gasteiger partial charge is 0.336 e. The van der Waals surface area contributed by atoms with Crippen LogP contribution in [0.25, 0.3) is 0 Å². The van der Waals surface area contributed by atoms with Crippen molar-refractivity contribution >= 4 is 58.3 Å². The number of methoxy groups -OCH3 is 1. The number of nitriles is 1. The molecule has 111 heavy (non-hydrogen) atoms. The van der Waals surface area contributed by atoms with E-state index in [0.29, 0.717) is 31.2 Å². The minimum Gasteiger partial charge on any atom is -0.466 e. The highest BCUT2D eigenvalue weighted by Gasteiger charge is 2.32. The SMILES string of the molecule is C/C(F)=C/C(=O)C(C)(C)C.C/C=C/C(=O)C(C)(C)C.C=C(C#N)C(O)C(C)(C)C.C=C(C(=O)OCC)C(O)C(C)(C)C.C=C(COC(C)(C)C)C(=O)OCC.CC(C)(C)C1CC=CC1=O.CC(C)(C)NC(=O)c1csc(F)n1.CC(C)(C)c1cnc(F)nc1.CC(C)=CC(=O)C(C)(C)C.COC(=O)/C=C/COC(C)(C)C. The van der Waals surface area contributed by atoms with Gasteiger partial charge in [0.25, 0.3) is 11.2 Å². The third-order valence-electron chi connectivity index (χ3n) is 13.3. The quantitative estimate of drug-likeness (QED) is 0.0491. The molecule has 0 saturated carbocycles. The van der Waals surface area contributed by atoms with Crippen LogP contribution in [0.3, 0.4) is 0 Å². The highest BCUT2D eigenvalue weighted by atomic mass is 32.1. The molecule has 2 aromatic heterocycles. The van der Waals surface area contributed by atoms with Gasteiger partial charge < -0.3 is 39.2 Å². The third kappa shape index (κ3) is 67.7. The fourth-order valence-electron chi connectivity index (χ4n) is 6.62. The van der Waals surface area contributed by atoms with Crippen molar-refractivity contribution in [2.75, 3.05) is 33.5 Å². The Kier molecular flexibility index (Phi) is 56.8. The number of carbonyl (C=O) groups excluding carboxylic acids is 8. The van der Waals surface area contributed by atoms with Crippen LogP contribution in [-0.2, 0) is 62.7 Å². The molecular weight excluding hydrogens is 1440 g/mol. The average Bonchev–Trinajstić information content (AvgIpc) is 1.82. The second kappa shape index (κ2) is 54.1. The van der Waals surface area contributed by atoms with Gasteiger partial charge in [-0.05, 0) is 156 Å². The van der Waals surface area contributed by atoms with Gasteiger partial charge in [0.2, 0.25) is 0 Å². The Morgan fingerprint density at radius 1 is 0.667 bits per heavy atom. The van der Waals surface area contributed by atoms with E-state index in [4.69, 9.17) is 24.2 Å². The topological polar surface area (TPSA) is 298 Å². The van der Waals surface area contributed by atoms with Crippen molar-refractivity contribution in [3.63, 3.8) is 0 Å². The molecule has 0 fully saturated rings. The summed E-state index contributed by atoms with van der Waals surface area (Å²) < 4.78 is 61.4. The summed E-state index contributed by atoms with van der Waals surface area (Å²) in [6.45, 7) is 79.8. The number of esters is 3. The number of nitrogens with one attached hydrogen (secondary N) is 1. The highest BCUT2D eigenvalue weighted by Crippen LogP contribution is 2.33. The number of ketones is 4. The number of aromatic nitrogens is 3. The van der Waals surface area contributed by atoms with Crippen molar-refractivity contribution in [3.8, 4) is 6.07 Å². The Hall–Kier alpha value is -7.69. The van der Waals surface area contributed by atoms with Gasteiger partial charge in [-0.25, -0.2) is 33.7 Å². The van der Waals surface area contributed by atoms with Crippen molar-refractivity contribution in [3.05, 3.63) is 137 Å². The van der Waals surface area contributed by atoms with E-state index in [-0.39, 0.29) is 114 Å². The molecule has 3 atom stereocenters. The largest absolute Gasteiger partial charge is 0.466 e. The molecule has 24 heteroatoms. The Morgan fingerprint density at radius 2 is 1.10 bits per heavy atom. The van der Waals surface area contributed by atoms with Crippen LogP contribution in [0.1, 0.15) is 272 Å². The number of thiazole rings is 1. The number of aliphatic hydroxyl groups is 2. The van der Waals surface area contributed by atoms with E-state index in [9.17, 15) is 61.7 Å². The van der Waals surface area contributed by atoms with Gasteiger partial charge in [0.1, 0.15) is 11.5 Å². The van der Waals surface area contributed by atoms with Crippen molar-refractivity contribution in [2.45, 2.75) is 290 Å². The third-order valence-corrected chi connectivity index (χ3v) is 13.9. The monoisotopic (exact) mass is 1590 g/mol. The Labute approximate surface area is 670 Å². The maximum absolute atomic E-state index is 12.4. The first kappa shape index (κ1) is 117. The van der Waals surface area contributed by atoms with Gasteiger partial charge in [-0.15, -0.1) is 0 Å². The molecule has 0 bridgehead atoms. The molecule has 3 unspecified atom stereocenters. The normalized spacial score (nSPS) is 13.5. The van der Waals surface area contributed by atoms with Crippen LogP contribution in [0, 0.1) is 61.1 Å². The van der Waals surface area contributed by atoms with E-state index < -0.39 is 40.8 Å². The van der Waals surface area contributed by atoms with Crippen molar-refractivity contribution in [2.24, 2.45) is 38.4 Å². The average molecular weight is 1590 g/mol. The molecule has 20 nitrogen and oxygen atoms in total. The Bertz CT molecular complexity index is 3350. The molecule has 3 rings (SSSR count). The zero-order valence-corrected chi connectivity index (χ0v) is 75.6. The number of aliphatic hydroxyl groups excluding tert-OH is 2. The molecule has 0 aromatic carbocycles. The number of allylic oxidation sites excluding steroid dienone is 8. The first-order chi connectivity index (χ1) is 49.6. The van der Waals surface area contributed by atoms with Crippen LogP contribution in [0.4, 0.5) is 13.2 Å². The number of hydrogen-bond donors (Lipinski definition) is 3. The molecule has 2 heterocycles. The highest BCUT2D eigenvalue weighted by molar-refractivity contribution is 7.08. The van der Waals surface area contributed by atoms with Crippen LogP contribution >= 0.6 is 11.3 Å². The lowest BCUT2D eigenvalue weighted by Gasteiger charge is -2.26. The standard InChI is InChI=1S/2C10H18O3.C9H16O3.C9H14O.C9H16O.C8H11FN2OS.C8H11FN2.C8H13FO.C8H13NO.C8H14O/c1-6-12-9(11)8(2)7-13-10(3,4)5;1-6-13-9(12)7(2)8(11)10(3,4)5;1-9(2,3)12-7-5-6-8(10)11-4;1-9(2,3)7-5-4-6-8(7)10;1-7(2)6-8(10)9(3,4)5;1-8(2,3)11-6(12)5-4-13-7(9)10-5;1-8(2,3)6-4-10-7(9)11-5-6;1-6(9)5-7(10)8(2,3)4;1-6(5-9)7(10)8(2,3)4;1-5-6-7(9)8(2,3)4/h2,6-7H2,1,3-5H3;8,11H,2,6H2,1,3-5H3;5-6H,7H2,1-4H3;4,6-7H,5H2,1-3H3;6H,1-5H3;4H,1-3H3,(H,11,12);4-5H,1-3H3;5H,1-4H3;7,10H,1H2,2-4H3;5-6H,1-4H3/b;;6-5+;;;;;6-5-;;6-5+. The lowest BCUT2D eigenvalue weighted by molar-refractivity contribution is -0.141. The van der Waals surface area contributed by atoms with E-state index in [1.165, 1.54) is 37.9 Å². The van der Waals surface area contributed by atoms with E-state index in [0.717, 1.165) is 35.0 Å². The maximum atomic E-state index is 12.4. The second-order valence-electron chi connectivity index (χ2n) is 35.9. The predicted molar refractivity (Wildman–Crippen MR) is 444 cm³/mol. The van der Waals surface area contributed by atoms with Gasteiger partial charge in [0.05, 0.1) is 79.7 Å². The van der Waals surface area contributed by atoms with Gasteiger partial charge in [-0.3, -0.25) is 24.0 Å². The van der Waals surface area contributed by atoms with Gasteiger partial charge in [-0.1, -0.05) is 200 Å². The van der Waals surface area contributed by atoms with Gasteiger partial charge in [0, 0.05) is 57.6 Å². The molecule has 0 aliphatic heterocycles. The molecule has 0 radical (unpaired) electrons. The molecular formula is C87H144F3N5O15S. The lowest BCUT2D eigenvalue weighted by Crippen LogP contribution is -2.40. The maximum Gasteiger partial charge on any atom is 0.336 e. The van der Waals surface area contributed by atoms with E-state index in [2.05, 4.69) is 65.5 Å². The van der Waals surface area contributed by atoms with Crippen LogP contribution in [0.15, 0.2) is 114 Å². The molecule has 1 aliphatic rings. The Morgan fingerprint density at radius 3 is 1.36 bits per heavy atom. The van der Waals surface area contributed by atoms with E-state index in [1.54, 1.807) is 65.0 Å². The molecule has 0 saturated heterocycles. The minimum atomic E-state index is -0.855. The molecule has 634 valence electrons. The zero-order valence-electron chi connectivity index (χ0n) is 74.8. The molecule has 1 amide bonds. The van der Waals surface area contributed by atoms with Crippen LogP contribution in [0.5, 0.6) is 0 Å². The van der Waals surface area contributed by atoms with Crippen molar-refractivity contribution in [1.29, 1.82) is 5.26 Å². The number of hydrogen-bond acceptors (Lipinski definition) is 20. The number of ether oxygens (including phenoxy) is 5. The summed E-state index contributed by atoms with van der Waals surface area (Å²) in [6, 6.07) is 1.83. The summed E-state index contributed by atoms with van der Waals surface area (Å²) in [7, 11) is 1.34. The predicted octanol–water partition coefficient (Wildman–Crippen LogP) is 19.6. The summed E-state index contributed by atoms with van der Waals surface area (Å²) in [5.41, 5.74) is 0.671. The number of carbonyl (C=O) groups is 8. The van der Waals surface area contributed by atoms with Crippen molar-refractivity contribution in [1.82, 2.24) is 20.3 Å².